The van der Waals surface area contributed by atoms with Crippen LogP contribution >= 0.6 is 0 Å². The zero-order valence-corrected chi connectivity index (χ0v) is 17.5. The van der Waals surface area contributed by atoms with E-state index < -0.39 is 0 Å². The van der Waals surface area contributed by atoms with Gasteiger partial charge in [-0.05, 0) is 87.4 Å². The molecular formula is C26H28N2O2. The molecule has 1 aliphatic carbocycles. The second kappa shape index (κ2) is 8.19. The van der Waals surface area contributed by atoms with Crippen molar-refractivity contribution in [1.82, 2.24) is 5.32 Å². The number of hydrogen-bond acceptors (Lipinski definition) is 4. The van der Waals surface area contributed by atoms with E-state index >= 15 is 0 Å². The molecule has 3 aliphatic rings. The summed E-state index contributed by atoms with van der Waals surface area (Å²) in [5.41, 5.74) is 5.46. The third-order valence-corrected chi connectivity index (χ3v) is 6.62. The first-order valence-electron chi connectivity index (χ1n) is 11.1. The highest BCUT2D eigenvalue weighted by molar-refractivity contribution is 6.00. The summed E-state index contributed by atoms with van der Waals surface area (Å²) < 4.78 is 5.79. The fourth-order valence-electron chi connectivity index (χ4n) is 4.83. The van der Waals surface area contributed by atoms with E-state index in [1.54, 1.807) is 0 Å². The predicted octanol–water partition coefficient (Wildman–Crippen LogP) is 5.36. The third-order valence-electron chi connectivity index (χ3n) is 6.62. The fraction of sp³-hybridized carbons (Fsp3) is 0.385. The van der Waals surface area contributed by atoms with E-state index in [9.17, 15) is 4.79 Å². The zero-order valence-electron chi connectivity index (χ0n) is 17.5. The van der Waals surface area contributed by atoms with Gasteiger partial charge in [0.15, 0.2) is 0 Å². The maximum atomic E-state index is 12.9. The summed E-state index contributed by atoms with van der Waals surface area (Å²) in [7, 11) is 0. The molecular weight excluding hydrogens is 372 g/mol. The molecule has 30 heavy (non-hydrogen) atoms. The van der Waals surface area contributed by atoms with Crippen molar-refractivity contribution < 1.29 is 4.42 Å². The van der Waals surface area contributed by atoms with Crippen molar-refractivity contribution in [2.75, 3.05) is 13.1 Å². The van der Waals surface area contributed by atoms with E-state index in [0.29, 0.717) is 23.0 Å². The van der Waals surface area contributed by atoms with Crippen LogP contribution in [0, 0.1) is 5.92 Å². The molecule has 0 bridgehead atoms. The number of piperidine rings is 1. The molecule has 1 fully saturated rings. The van der Waals surface area contributed by atoms with Gasteiger partial charge in [-0.2, -0.15) is 0 Å². The second-order valence-corrected chi connectivity index (χ2v) is 8.65. The number of nitrogens with zero attached hydrogens (tertiary/aromatic N) is 1. The van der Waals surface area contributed by atoms with Gasteiger partial charge in [0.2, 0.25) is 0 Å². The molecule has 0 saturated carbocycles. The Hall–Kier alpha value is -2.72. The van der Waals surface area contributed by atoms with Crippen molar-refractivity contribution in [2.24, 2.45) is 10.9 Å². The van der Waals surface area contributed by atoms with Gasteiger partial charge in [0, 0.05) is 22.7 Å². The summed E-state index contributed by atoms with van der Waals surface area (Å²) in [6.45, 7) is 4.14. The van der Waals surface area contributed by atoms with Crippen molar-refractivity contribution >= 4 is 22.3 Å². The number of aliphatic imine (C=N–C) groups is 1. The monoisotopic (exact) mass is 400 g/mol. The Labute approximate surface area is 177 Å². The lowest BCUT2D eigenvalue weighted by molar-refractivity contribution is 0.460. The Balaban J connectivity index is 1.48. The summed E-state index contributed by atoms with van der Waals surface area (Å²) in [5.74, 6) is 1.02. The quantitative estimate of drug-likeness (QED) is 0.691. The normalized spacial score (nSPS) is 22.6. The minimum atomic E-state index is -0.264. The number of rotatable bonds is 2. The smallest absolute Gasteiger partial charge is 0.344 e. The summed E-state index contributed by atoms with van der Waals surface area (Å²) in [5, 5.41) is 4.38. The molecule has 5 rings (SSSR count). The van der Waals surface area contributed by atoms with Crippen molar-refractivity contribution in [3.63, 3.8) is 0 Å². The van der Waals surface area contributed by atoms with Crippen LogP contribution in [0.4, 0.5) is 0 Å². The van der Waals surface area contributed by atoms with E-state index in [2.05, 4.69) is 41.7 Å². The maximum Gasteiger partial charge on any atom is 0.344 e. The maximum absolute atomic E-state index is 12.9. The van der Waals surface area contributed by atoms with Crippen LogP contribution in [-0.2, 0) is 0 Å². The lowest BCUT2D eigenvalue weighted by Crippen LogP contribution is -2.26. The average Bonchev–Trinajstić information content (AvgIpc) is 2.75. The summed E-state index contributed by atoms with van der Waals surface area (Å²) in [6.07, 6.45) is 13.8. The van der Waals surface area contributed by atoms with Gasteiger partial charge in [0.05, 0.1) is 5.56 Å². The standard InChI is InChI=1S/C26H28N2O2/c1-17-5-6-20-4-2-3-19(9-10-24(20)28-17)23-15-22-8-7-21(16-25(22)30-26(23)29)18-11-13-27-14-12-18/h3,5,7-10,15-16,18,20,27H,2,4,6,11-14H2,1H3. The van der Waals surface area contributed by atoms with Crippen LogP contribution in [0.5, 0.6) is 0 Å². The van der Waals surface area contributed by atoms with Gasteiger partial charge in [0.25, 0.3) is 0 Å². The van der Waals surface area contributed by atoms with E-state index in [0.717, 1.165) is 67.6 Å². The lowest BCUT2D eigenvalue weighted by atomic mass is 9.88. The Morgan fingerprint density at radius 2 is 1.90 bits per heavy atom. The van der Waals surface area contributed by atoms with Crippen molar-refractivity contribution in [2.45, 2.75) is 44.9 Å². The fourth-order valence-corrected chi connectivity index (χ4v) is 4.83. The largest absolute Gasteiger partial charge is 0.422 e. The third kappa shape index (κ3) is 3.84. The molecule has 4 nitrogen and oxygen atoms in total. The van der Waals surface area contributed by atoms with E-state index in [1.165, 1.54) is 5.56 Å². The molecule has 4 heteroatoms. The molecule has 1 saturated heterocycles. The first kappa shape index (κ1) is 19.3. The van der Waals surface area contributed by atoms with Crippen molar-refractivity contribution in [1.29, 1.82) is 0 Å². The zero-order chi connectivity index (χ0) is 20.5. The molecule has 3 heterocycles. The highest BCUT2D eigenvalue weighted by atomic mass is 16.4. The van der Waals surface area contributed by atoms with Gasteiger partial charge < -0.3 is 9.73 Å². The topological polar surface area (TPSA) is 54.6 Å². The Morgan fingerprint density at radius 1 is 1.03 bits per heavy atom. The number of hydrogen-bond donors (Lipinski definition) is 1. The molecule has 2 aromatic rings. The number of nitrogens with one attached hydrogen (secondary N) is 1. The van der Waals surface area contributed by atoms with Gasteiger partial charge in [-0.3, -0.25) is 4.99 Å². The van der Waals surface area contributed by atoms with Crippen LogP contribution in [0.1, 0.15) is 56.1 Å². The molecule has 1 N–H and O–H groups in total. The van der Waals surface area contributed by atoms with Gasteiger partial charge in [-0.15, -0.1) is 0 Å². The van der Waals surface area contributed by atoms with E-state index in [4.69, 9.17) is 9.41 Å². The van der Waals surface area contributed by atoms with Crippen LogP contribution < -0.4 is 10.9 Å². The molecule has 0 radical (unpaired) electrons. The minimum Gasteiger partial charge on any atom is -0.422 e. The number of allylic oxidation sites excluding steroid dienone is 6. The van der Waals surface area contributed by atoms with Crippen LogP contribution in [0.15, 0.2) is 68.5 Å². The molecule has 0 spiro atoms. The second-order valence-electron chi connectivity index (χ2n) is 8.65. The molecule has 0 amide bonds. The van der Waals surface area contributed by atoms with Gasteiger partial charge >= 0.3 is 5.63 Å². The van der Waals surface area contributed by atoms with E-state index in [1.807, 2.05) is 19.1 Å². The minimum absolute atomic E-state index is 0.264. The first-order valence-corrected chi connectivity index (χ1v) is 11.1. The molecule has 1 aromatic heterocycles. The molecule has 1 aromatic carbocycles. The predicted molar refractivity (Wildman–Crippen MR) is 123 cm³/mol. The van der Waals surface area contributed by atoms with Gasteiger partial charge in [-0.25, -0.2) is 4.79 Å². The number of fused-ring (bicyclic) bond motifs is 2. The summed E-state index contributed by atoms with van der Waals surface area (Å²) in [6, 6.07) is 8.34. The van der Waals surface area contributed by atoms with Crippen LogP contribution in [0.3, 0.4) is 0 Å². The highest BCUT2D eigenvalue weighted by Crippen LogP contribution is 2.30. The van der Waals surface area contributed by atoms with Crippen LogP contribution in [0.25, 0.3) is 16.5 Å². The van der Waals surface area contributed by atoms with Crippen molar-refractivity contribution in [3.05, 3.63) is 75.8 Å². The first-order chi connectivity index (χ1) is 14.7. The SMILES string of the molecule is CC1=CCC2CCC=C(c3cc4ccc(C5CCNCC5)cc4oc3=O)C=CC2=N1. The average molecular weight is 401 g/mol. The Morgan fingerprint density at radius 3 is 2.77 bits per heavy atom. The molecule has 1 unspecified atom stereocenters. The van der Waals surface area contributed by atoms with Crippen LogP contribution in [-0.4, -0.2) is 18.8 Å². The van der Waals surface area contributed by atoms with E-state index in [-0.39, 0.29) is 5.63 Å². The van der Waals surface area contributed by atoms with Crippen LogP contribution in [0.2, 0.25) is 0 Å². The molecule has 2 aliphatic heterocycles. The van der Waals surface area contributed by atoms with Crippen molar-refractivity contribution in [3.8, 4) is 0 Å². The summed E-state index contributed by atoms with van der Waals surface area (Å²) in [4.78, 5) is 17.6. The summed E-state index contributed by atoms with van der Waals surface area (Å²) >= 11 is 0. The Kier molecular flexibility index (Phi) is 5.26. The number of benzene rings is 1. The molecule has 1 atom stereocenters. The lowest BCUT2D eigenvalue weighted by Gasteiger charge is -2.23. The Bertz CT molecular complexity index is 1140. The van der Waals surface area contributed by atoms with Gasteiger partial charge in [0.1, 0.15) is 5.58 Å². The van der Waals surface area contributed by atoms with Gasteiger partial charge in [-0.1, -0.05) is 30.4 Å². The molecule has 154 valence electrons. The highest BCUT2D eigenvalue weighted by Gasteiger charge is 2.20.